The zero-order valence-corrected chi connectivity index (χ0v) is 17.9. The normalized spacial score (nSPS) is 16.7. The topological polar surface area (TPSA) is 64.4 Å². The molecule has 2 aromatic rings. The van der Waals surface area contributed by atoms with Gasteiger partial charge in [0.2, 0.25) is 0 Å². The highest BCUT2D eigenvalue weighted by Gasteiger charge is 2.33. The Kier molecular flexibility index (Phi) is 6.72. The predicted octanol–water partition coefficient (Wildman–Crippen LogP) is 3.72. The standard InChI is InChI=1S/C23H31N3O3/c1-5-18-21(19(6-2)26(24-18)20-13-9-8-11-16(20)4)22(27)25-14-10-12-17(15-25)23(28)29-7-3/h8-9,11,13,17H,5-7,10,12,14-15H2,1-4H3/t17-/m1/s1. The maximum Gasteiger partial charge on any atom is 0.310 e. The minimum atomic E-state index is -0.241. The summed E-state index contributed by atoms with van der Waals surface area (Å²) in [4.78, 5) is 27.5. The van der Waals surface area contributed by atoms with Crippen molar-refractivity contribution in [1.29, 1.82) is 0 Å². The van der Waals surface area contributed by atoms with E-state index in [0.29, 0.717) is 38.1 Å². The second-order valence-corrected chi connectivity index (χ2v) is 7.52. The fourth-order valence-corrected chi connectivity index (χ4v) is 4.10. The lowest BCUT2D eigenvalue weighted by atomic mass is 9.97. The summed E-state index contributed by atoms with van der Waals surface area (Å²) in [7, 11) is 0. The minimum absolute atomic E-state index is 0.0208. The van der Waals surface area contributed by atoms with Crippen LogP contribution in [0.1, 0.15) is 60.9 Å². The van der Waals surface area contributed by atoms with Crippen molar-refractivity contribution in [3.8, 4) is 5.69 Å². The molecular weight excluding hydrogens is 366 g/mol. The van der Waals surface area contributed by atoms with Crippen molar-refractivity contribution < 1.29 is 14.3 Å². The van der Waals surface area contributed by atoms with Crippen molar-refractivity contribution in [2.45, 2.75) is 53.4 Å². The maximum atomic E-state index is 13.5. The van der Waals surface area contributed by atoms with Gasteiger partial charge in [0.25, 0.3) is 5.91 Å². The summed E-state index contributed by atoms with van der Waals surface area (Å²) in [6.45, 7) is 9.39. The van der Waals surface area contributed by atoms with Crippen LogP contribution in [0.5, 0.6) is 0 Å². The second-order valence-electron chi connectivity index (χ2n) is 7.52. The van der Waals surface area contributed by atoms with Crippen LogP contribution in [0.3, 0.4) is 0 Å². The summed E-state index contributed by atoms with van der Waals surface area (Å²) >= 11 is 0. The van der Waals surface area contributed by atoms with Crippen LogP contribution in [0.2, 0.25) is 0 Å². The van der Waals surface area contributed by atoms with E-state index < -0.39 is 0 Å². The Labute approximate surface area is 172 Å². The van der Waals surface area contributed by atoms with Gasteiger partial charge in [0.15, 0.2) is 0 Å². The van der Waals surface area contributed by atoms with Crippen LogP contribution < -0.4 is 0 Å². The number of amides is 1. The number of carbonyl (C=O) groups excluding carboxylic acids is 2. The van der Waals surface area contributed by atoms with Gasteiger partial charge in [0.1, 0.15) is 0 Å². The quantitative estimate of drug-likeness (QED) is 0.697. The molecule has 3 rings (SSSR count). The van der Waals surface area contributed by atoms with Crippen LogP contribution in [-0.4, -0.2) is 46.3 Å². The molecule has 1 aromatic heterocycles. The van der Waals surface area contributed by atoms with E-state index in [1.54, 1.807) is 0 Å². The Balaban J connectivity index is 1.96. The van der Waals surface area contributed by atoms with E-state index in [-0.39, 0.29) is 17.8 Å². The van der Waals surface area contributed by atoms with Crippen molar-refractivity contribution in [3.05, 3.63) is 46.8 Å². The summed E-state index contributed by atoms with van der Waals surface area (Å²) in [6.07, 6.45) is 2.97. The third kappa shape index (κ3) is 4.21. The SMILES string of the molecule is CCOC(=O)[C@@H]1CCCN(C(=O)c2c(CC)nn(-c3ccccc3C)c2CC)C1. The molecule has 0 bridgehead atoms. The number of ether oxygens (including phenoxy) is 1. The highest BCUT2D eigenvalue weighted by atomic mass is 16.5. The first kappa shape index (κ1) is 21.1. The first-order valence-electron chi connectivity index (χ1n) is 10.6. The van der Waals surface area contributed by atoms with Crippen molar-refractivity contribution in [3.63, 3.8) is 0 Å². The van der Waals surface area contributed by atoms with Crippen LogP contribution in [0, 0.1) is 12.8 Å². The molecule has 1 aromatic carbocycles. The van der Waals surface area contributed by atoms with Crippen LogP contribution in [-0.2, 0) is 22.4 Å². The van der Waals surface area contributed by atoms with Gasteiger partial charge in [-0.1, -0.05) is 32.0 Å². The molecule has 6 heteroatoms. The van der Waals surface area contributed by atoms with Gasteiger partial charge in [0.05, 0.1) is 35.2 Å². The van der Waals surface area contributed by atoms with E-state index in [9.17, 15) is 9.59 Å². The van der Waals surface area contributed by atoms with Crippen molar-refractivity contribution in [2.75, 3.05) is 19.7 Å². The molecule has 0 N–H and O–H groups in total. The van der Waals surface area contributed by atoms with E-state index in [1.807, 2.05) is 41.6 Å². The lowest BCUT2D eigenvalue weighted by Crippen LogP contribution is -2.43. The lowest BCUT2D eigenvalue weighted by molar-refractivity contribution is -0.149. The summed E-state index contributed by atoms with van der Waals surface area (Å²) in [5.74, 6) is -0.464. The third-order valence-electron chi connectivity index (χ3n) is 5.61. The van der Waals surface area contributed by atoms with Gasteiger partial charge in [-0.05, 0) is 51.2 Å². The minimum Gasteiger partial charge on any atom is -0.466 e. The molecule has 0 spiro atoms. The van der Waals surface area contributed by atoms with Gasteiger partial charge in [-0.3, -0.25) is 9.59 Å². The molecule has 1 aliphatic rings. The van der Waals surface area contributed by atoms with Crippen LogP contribution in [0.25, 0.3) is 5.69 Å². The fourth-order valence-electron chi connectivity index (χ4n) is 4.10. The summed E-state index contributed by atoms with van der Waals surface area (Å²) < 4.78 is 7.11. The molecule has 0 saturated carbocycles. The monoisotopic (exact) mass is 397 g/mol. The van der Waals surface area contributed by atoms with Gasteiger partial charge in [0, 0.05) is 13.1 Å². The largest absolute Gasteiger partial charge is 0.466 e. The van der Waals surface area contributed by atoms with Crippen LogP contribution in [0.4, 0.5) is 0 Å². The molecule has 0 unspecified atom stereocenters. The Morgan fingerprint density at radius 1 is 1.17 bits per heavy atom. The number of esters is 1. The molecule has 0 aliphatic carbocycles. The third-order valence-corrected chi connectivity index (χ3v) is 5.61. The van der Waals surface area contributed by atoms with E-state index in [0.717, 1.165) is 35.5 Å². The average Bonchev–Trinajstić information content (AvgIpc) is 3.12. The molecule has 1 fully saturated rings. The molecule has 1 amide bonds. The number of para-hydroxylation sites is 1. The van der Waals surface area contributed by atoms with Gasteiger partial charge in [-0.25, -0.2) is 4.68 Å². The zero-order chi connectivity index (χ0) is 21.0. The average molecular weight is 398 g/mol. The predicted molar refractivity (Wildman–Crippen MR) is 112 cm³/mol. The number of likely N-dealkylation sites (tertiary alicyclic amines) is 1. The van der Waals surface area contributed by atoms with Gasteiger partial charge in [-0.2, -0.15) is 5.10 Å². The van der Waals surface area contributed by atoms with Gasteiger partial charge in [-0.15, -0.1) is 0 Å². The number of benzene rings is 1. The smallest absolute Gasteiger partial charge is 0.310 e. The summed E-state index contributed by atoms with van der Waals surface area (Å²) in [5.41, 5.74) is 4.56. The number of carbonyl (C=O) groups is 2. The Morgan fingerprint density at radius 3 is 2.59 bits per heavy atom. The van der Waals surface area contributed by atoms with E-state index in [2.05, 4.69) is 19.9 Å². The number of aromatic nitrogens is 2. The number of piperidine rings is 1. The first-order valence-corrected chi connectivity index (χ1v) is 10.6. The van der Waals surface area contributed by atoms with Crippen molar-refractivity contribution >= 4 is 11.9 Å². The summed E-state index contributed by atoms with van der Waals surface area (Å²) in [6, 6.07) is 8.08. The molecule has 2 heterocycles. The number of nitrogens with zero attached hydrogens (tertiary/aromatic N) is 3. The molecule has 1 atom stereocenters. The lowest BCUT2D eigenvalue weighted by Gasteiger charge is -2.31. The summed E-state index contributed by atoms with van der Waals surface area (Å²) in [5, 5.41) is 4.81. The van der Waals surface area contributed by atoms with E-state index in [1.165, 1.54) is 0 Å². The number of hydrogen-bond acceptors (Lipinski definition) is 4. The second kappa shape index (κ2) is 9.25. The van der Waals surface area contributed by atoms with Crippen molar-refractivity contribution in [2.24, 2.45) is 5.92 Å². The van der Waals surface area contributed by atoms with Gasteiger partial charge >= 0.3 is 5.97 Å². The zero-order valence-electron chi connectivity index (χ0n) is 17.9. The Hall–Kier alpha value is -2.63. The molecule has 0 radical (unpaired) electrons. The molecule has 6 nitrogen and oxygen atoms in total. The van der Waals surface area contributed by atoms with Crippen molar-refractivity contribution in [1.82, 2.24) is 14.7 Å². The van der Waals surface area contributed by atoms with Gasteiger partial charge < -0.3 is 9.64 Å². The number of aryl methyl sites for hydroxylation is 2. The van der Waals surface area contributed by atoms with E-state index >= 15 is 0 Å². The highest BCUT2D eigenvalue weighted by Crippen LogP contribution is 2.26. The molecule has 156 valence electrons. The highest BCUT2D eigenvalue weighted by molar-refractivity contribution is 5.97. The number of rotatable bonds is 6. The van der Waals surface area contributed by atoms with E-state index in [4.69, 9.17) is 9.84 Å². The fraction of sp³-hybridized carbons (Fsp3) is 0.522. The maximum absolute atomic E-state index is 13.5. The molecule has 1 saturated heterocycles. The first-order chi connectivity index (χ1) is 14.0. The Morgan fingerprint density at radius 2 is 1.93 bits per heavy atom. The van der Waals surface area contributed by atoms with Crippen LogP contribution >= 0.6 is 0 Å². The van der Waals surface area contributed by atoms with Crippen LogP contribution in [0.15, 0.2) is 24.3 Å². The molecule has 1 aliphatic heterocycles. The molecular formula is C23H31N3O3. The number of hydrogen-bond donors (Lipinski definition) is 0. The Bertz CT molecular complexity index is 887. The molecule has 29 heavy (non-hydrogen) atoms.